The second-order valence-corrected chi connectivity index (χ2v) is 8.25. The third-order valence-corrected chi connectivity index (χ3v) is 5.81. The van der Waals surface area contributed by atoms with Crippen LogP contribution < -0.4 is 22.5 Å². The summed E-state index contributed by atoms with van der Waals surface area (Å²) in [6.07, 6.45) is 1.87. The summed E-state index contributed by atoms with van der Waals surface area (Å²) in [5, 5.41) is 18.9. The van der Waals surface area contributed by atoms with Gasteiger partial charge in [-0.2, -0.15) is 0 Å². The predicted octanol–water partition coefficient (Wildman–Crippen LogP) is 1.73. The number of aromatic amines is 1. The molecule has 1 amide bonds. The number of hydrogen-bond acceptors (Lipinski definition) is 6. The highest BCUT2D eigenvalue weighted by molar-refractivity contribution is 6.02. The van der Waals surface area contributed by atoms with Crippen LogP contribution in [0.3, 0.4) is 0 Å². The van der Waals surface area contributed by atoms with Gasteiger partial charge in [0.15, 0.2) is 0 Å². The molecule has 10 heteroatoms. The molecule has 0 fully saturated rings. The van der Waals surface area contributed by atoms with Crippen molar-refractivity contribution in [3.05, 3.63) is 59.2 Å². The van der Waals surface area contributed by atoms with Crippen LogP contribution in [-0.2, 0) is 20.7 Å². The number of hydrogen-bond donors (Lipinski definition) is 7. The van der Waals surface area contributed by atoms with E-state index in [1.54, 1.807) is 24.3 Å². The molecule has 10 N–H and O–H groups in total. The fourth-order valence-electron chi connectivity index (χ4n) is 3.96. The molecule has 2 aromatic carbocycles. The maximum absolute atomic E-state index is 13.1. The molecule has 35 heavy (non-hydrogen) atoms. The number of fused-ring (bicyclic) bond motifs is 1. The summed E-state index contributed by atoms with van der Waals surface area (Å²) in [6.45, 7) is 0.505. The van der Waals surface area contributed by atoms with Crippen molar-refractivity contribution in [3.63, 3.8) is 0 Å². The lowest BCUT2D eigenvalue weighted by molar-refractivity contribution is -0.145. The number of carbonyl (C=O) groups excluding carboxylic acids is 2. The van der Waals surface area contributed by atoms with Gasteiger partial charge in [-0.1, -0.05) is 36.4 Å². The minimum Gasteiger partial charge on any atom is -0.467 e. The molecule has 0 aliphatic carbocycles. The van der Waals surface area contributed by atoms with Crippen LogP contribution in [0.25, 0.3) is 22.2 Å². The minimum atomic E-state index is -0.758. The van der Waals surface area contributed by atoms with E-state index in [9.17, 15) is 9.59 Å². The standard InChI is InChI=1S/C25H31N7O3/c1-35-25(34)19(4-2-3-11-26)31-21(33)13-18-17-10-9-16(24(29)30)12-20(17)32-22(18)14-5-7-15(8-6-14)23(27)28/h5-10,12,19,32H,2-4,11,13,26H2,1H3,(H3,27,28)(H3,29,30)(H,31,33)/t19-/m0/s1. The van der Waals surface area contributed by atoms with Crippen molar-refractivity contribution in [2.75, 3.05) is 13.7 Å². The molecule has 1 aromatic heterocycles. The number of esters is 1. The van der Waals surface area contributed by atoms with E-state index in [2.05, 4.69) is 10.3 Å². The molecule has 1 heterocycles. The second-order valence-electron chi connectivity index (χ2n) is 8.25. The molecule has 0 unspecified atom stereocenters. The summed E-state index contributed by atoms with van der Waals surface area (Å²) >= 11 is 0. The number of rotatable bonds is 11. The summed E-state index contributed by atoms with van der Waals surface area (Å²) in [5.74, 6) is -0.930. The van der Waals surface area contributed by atoms with Crippen molar-refractivity contribution in [1.29, 1.82) is 10.8 Å². The van der Waals surface area contributed by atoms with Crippen LogP contribution in [0.2, 0.25) is 0 Å². The lowest BCUT2D eigenvalue weighted by Crippen LogP contribution is -2.42. The maximum atomic E-state index is 13.1. The number of nitrogens with two attached hydrogens (primary N) is 3. The van der Waals surface area contributed by atoms with E-state index < -0.39 is 12.0 Å². The van der Waals surface area contributed by atoms with E-state index in [0.29, 0.717) is 36.2 Å². The monoisotopic (exact) mass is 477 g/mol. The summed E-state index contributed by atoms with van der Waals surface area (Å²) in [5.41, 5.74) is 20.9. The number of H-pyrrole nitrogens is 1. The normalized spacial score (nSPS) is 11.7. The van der Waals surface area contributed by atoms with Gasteiger partial charge in [0.2, 0.25) is 5.91 Å². The zero-order valence-corrected chi connectivity index (χ0v) is 19.6. The smallest absolute Gasteiger partial charge is 0.328 e. The Labute approximate surface area is 203 Å². The first-order chi connectivity index (χ1) is 16.7. The van der Waals surface area contributed by atoms with Crippen molar-refractivity contribution >= 4 is 34.5 Å². The van der Waals surface area contributed by atoms with Crippen LogP contribution in [0.1, 0.15) is 36.0 Å². The van der Waals surface area contributed by atoms with Crippen LogP contribution in [0, 0.1) is 10.8 Å². The Morgan fingerprint density at radius 2 is 1.69 bits per heavy atom. The lowest BCUT2D eigenvalue weighted by Gasteiger charge is -2.16. The zero-order chi connectivity index (χ0) is 25.5. The van der Waals surface area contributed by atoms with Crippen molar-refractivity contribution in [3.8, 4) is 11.3 Å². The highest BCUT2D eigenvalue weighted by atomic mass is 16.5. The van der Waals surface area contributed by atoms with Gasteiger partial charge in [0.1, 0.15) is 17.7 Å². The zero-order valence-electron chi connectivity index (χ0n) is 19.6. The highest BCUT2D eigenvalue weighted by Crippen LogP contribution is 2.32. The maximum Gasteiger partial charge on any atom is 0.328 e. The lowest BCUT2D eigenvalue weighted by atomic mass is 10.00. The fourth-order valence-corrected chi connectivity index (χ4v) is 3.96. The van der Waals surface area contributed by atoms with Crippen LogP contribution in [0.15, 0.2) is 42.5 Å². The number of ether oxygens (including phenoxy) is 1. The van der Waals surface area contributed by atoms with Gasteiger partial charge in [-0.05, 0) is 43.0 Å². The average molecular weight is 478 g/mol. The molecule has 3 rings (SSSR count). The Bertz CT molecular complexity index is 1250. The average Bonchev–Trinajstić information content (AvgIpc) is 3.20. The third kappa shape index (κ3) is 6.04. The van der Waals surface area contributed by atoms with Gasteiger partial charge >= 0.3 is 5.97 Å². The van der Waals surface area contributed by atoms with Gasteiger partial charge < -0.3 is 32.2 Å². The highest BCUT2D eigenvalue weighted by Gasteiger charge is 2.23. The van der Waals surface area contributed by atoms with Crippen LogP contribution in [0.5, 0.6) is 0 Å². The number of amidine groups is 2. The van der Waals surface area contributed by atoms with E-state index in [0.717, 1.165) is 28.5 Å². The first kappa shape index (κ1) is 25.4. The molecule has 0 spiro atoms. The summed E-state index contributed by atoms with van der Waals surface area (Å²) in [6, 6.07) is 11.7. The molecule has 184 valence electrons. The van der Waals surface area contributed by atoms with E-state index in [1.165, 1.54) is 7.11 Å². The first-order valence-electron chi connectivity index (χ1n) is 11.3. The van der Waals surface area contributed by atoms with Crippen LogP contribution >= 0.6 is 0 Å². The number of amides is 1. The summed E-state index contributed by atoms with van der Waals surface area (Å²) < 4.78 is 4.86. The number of aromatic nitrogens is 1. The number of nitrogens with one attached hydrogen (secondary N) is 4. The molecule has 10 nitrogen and oxygen atoms in total. The molecule has 1 atom stereocenters. The third-order valence-electron chi connectivity index (χ3n) is 5.81. The Kier molecular flexibility index (Phi) is 8.21. The fraction of sp³-hybridized carbons (Fsp3) is 0.280. The number of benzene rings is 2. The Balaban J connectivity index is 1.97. The Hall–Kier alpha value is -4.18. The van der Waals surface area contributed by atoms with Crippen molar-refractivity contribution in [2.45, 2.75) is 31.7 Å². The first-order valence-corrected chi connectivity index (χ1v) is 11.3. The summed E-state index contributed by atoms with van der Waals surface area (Å²) in [4.78, 5) is 28.6. The number of methoxy groups -OCH3 is 1. The molecule has 0 aliphatic heterocycles. The Morgan fingerprint density at radius 1 is 1.03 bits per heavy atom. The Morgan fingerprint density at radius 3 is 2.29 bits per heavy atom. The number of nitrogen functional groups attached to an aromatic ring is 2. The molecular weight excluding hydrogens is 446 g/mol. The van der Waals surface area contributed by atoms with Crippen molar-refractivity contribution in [2.24, 2.45) is 17.2 Å². The van der Waals surface area contributed by atoms with Crippen LogP contribution in [0.4, 0.5) is 0 Å². The second kappa shape index (κ2) is 11.3. The molecule has 0 aliphatic rings. The summed E-state index contributed by atoms with van der Waals surface area (Å²) in [7, 11) is 1.29. The SMILES string of the molecule is COC(=O)[C@H](CCCCN)NC(=O)Cc1c(-c2ccc(C(=N)N)cc2)[nH]c2cc(C(=N)N)ccc12. The largest absolute Gasteiger partial charge is 0.467 e. The van der Waals surface area contributed by atoms with Gasteiger partial charge in [0.25, 0.3) is 0 Å². The van der Waals surface area contributed by atoms with Crippen molar-refractivity contribution < 1.29 is 14.3 Å². The van der Waals surface area contributed by atoms with Gasteiger partial charge in [0.05, 0.1) is 19.2 Å². The van der Waals surface area contributed by atoms with E-state index >= 15 is 0 Å². The molecule has 3 aromatic rings. The molecule has 0 saturated carbocycles. The molecule has 0 bridgehead atoms. The predicted molar refractivity (Wildman–Crippen MR) is 136 cm³/mol. The van der Waals surface area contributed by atoms with Crippen molar-refractivity contribution in [1.82, 2.24) is 10.3 Å². The molecule has 0 radical (unpaired) electrons. The van der Waals surface area contributed by atoms with Gasteiger partial charge in [-0.25, -0.2) is 4.79 Å². The van der Waals surface area contributed by atoms with E-state index in [-0.39, 0.29) is 24.0 Å². The topological polar surface area (TPSA) is 197 Å². The molecular formula is C25H31N7O3. The van der Waals surface area contributed by atoms with Gasteiger partial charge in [0, 0.05) is 22.0 Å². The number of unbranched alkanes of at least 4 members (excludes halogenated alkanes) is 1. The molecule has 0 saturated heterocycles. The number of carbonyl (C=O) groups is 2. The minimum absolute atomic E-state index is 0.00753. The van der Waals surface area contributed by atoms with Gasteiger partial charge in [-0.3, -0.25) is 15.6 Å². The quantitative estimate of drug-likeness (QED) is 0.0949. The van der Waals surface area contributed by atoms with E-state index in [4.69, 9.17) is 32.8 Å². The van der Waals surface area contributed by atoms with E-state index in [1.807, 2.05) is 18.2 Å². The van der Waals surface area contributed by atoms with Crippen LogP contribution in [-0.4, -0.2) is 48.2 Å². The van der Waals surface area contributed by atoms with Gasteiger partial charge in [-0.15, -0.1) is 0 Å².